The molecule has 7 heteroatoms. The fourth-order valence-corrected chi connectivity index (χ4v) is 3.67. The highest BCUT2D eigenvalue weighted by atomic mass is 79.9. The van der Waals surface area contributed by atoms with Gasteiger partial charge in [0.1, 0.15) is 0 Å². The van der Waals surface area contributed by atoms with Crippen molar-refractivity contribution in [2.45, 2.75) is 6.54 Å². The maximum absolute atomic E-state index is 12.6. The van der Waals surface area contributed by atoms with Gasteiger partial charge in [-0.2, -0.15) is 0 Å². The predicted molar refractivity (Wildman–Crippen MR) is 98.2 cm³/mol. The SMILES string of the molecule is O=C1S/C(=C\c2ccc3c(c2)OCO3)C(=O)N1Cc1ccc(Br)cc1. The van der Waals surface area contributed by atoms with Crippen LogP contribution in [0.2, 0.25) is 0 Å². The maximum Gasteiger partial charge on any atom is 0.293 e. The van der Waals surface area contributed by atoms with Crippen LogP contribution in [-0.2, 0) is 11.3 Å². The Morgan fingerprint density at radius 1 is 1.08 bits per heavy atom. The summed E-state index contributed by atoms with van der Waals surface area (Å²) in [6, 6.07) is 13.0. The number of fused-ring (bicyclic) bond motifs is 1. The van der Waals surface area contributed by atoms with Gasteiger partial charge in [-0.25, -0.2) is 0 Å². The Bertz CT molecular complexity index is 894. The van der Waals surface area contributed by atoms with Crippen LogP contribution in [-0.4, -0.2) is 22.8 Å². The van der Waals surface area contributed by atoms with E-state index in [0.717, 1.165) is 27.4 Å². The second-order valence-corrected chi connectivity index (χ2v) is 7.42. The zero-order chi connectivity index (χ0) is 17.4. The van der Waals surface area contributed by atoms with Crippen molar-refractivity contribution in [2.75, 3.05) is 6.79 Å². The molecular formula is C18H12BrNO4S. The summed E-state index contributed by atoms with van der Waals surface area (Å²) in [5, 5.41) is -0.264. The van der Waals surface area contributed by atoms with Gasteiger partial charge in [-0.1, -0.05) is 34.1 Å². The second-order valence-electron chi connectivity index (χ2n) is 5.51. The molecule has 2 aliphatic rings. The Hall–Kier alpha value is -2.25. The van der Waals surface area contributed by atoms with E-state index in [9.17, 15) is 9.59 Å². The van der Waals surface area contributed by atoms with Gasteiger partial charge in [0.15, 0.2) is 11.5 Å². The number of hydrogen-bond acceptors (Lipinski definition) is 5. The van der Waals surface area contributed by atoms with Crippen molar-refractivity contribution < 1.29 is 19.1 Å². The third kappa shape index (κ3) is 3.29. The third-order valence-electron chi connectivity index (χ3n) is 3.82. The van der Waals surface area contributed by atoms with Gasteiger partial charge in [0.2, 0.25) is 6.79 Å². The maximum atomic E-state index is 12.6. The summed E-state index contributed by atoms with van der Waals surface area (Å²) >= 11 is 4.32. The van der Waals surface area contributed by atoms with Crippen LogP contribution in [0.3, 0.4) is 0 Å². The van der Waals surface area contributed by atoms with Crippen molar-refractivity contribution >= 4 is 44.9 Å². The van der Waals surface area contributed by atoms with Crippen molar-refractivity contribution in [3.8, 4) is 11.5 Å². The lowest BCUT2D eigenvalue weighted by atomic mass is 10.2. The molecule has 2 aliphatic heterocycles. The first-order valence-electron chi connectivity index (χ1n) is 7.49. The zero-order valence-electron chi connectivity index (χ0n) is 12.9. The Morgan fingerprint density at radius 3 is 2.64 bits per heavy atom. The topological polar surface area (TPSA) is 55.8 Å². The molecule has 2 amide bonds. The molecule has 1 fully saturated rings. The number of nitrogens with zero attached hydrogens (tertiary/aromatic N) is 1. The largest absolute Gasteiger partial charge is 0.454 e. The Labute approximate surface area is 156 Å². The Balaban J connectivity index is 1.55. The number of imide groups is 1. The summed E-state index contributed by atoms with van der Waals surface area (Å²) in [4.78, 5) is 26.5. The van der Waals surface area contributed by atoms with Gasteiger partial charge in [-0.3, -0.25) is 14.5 Å². The van der Waals surface area contributed by atoms with Gasteiger partial charge in [-0.05, 0) is 53.2 Å². The van der Waals surface area contributed by atoms with Crippen LogP contribution < -0.4 is 9.47 Å². The fourth-order valence-electron chi connectivity index (χ4n) is 2.56. The molecule has 0 spiro atoms. The molecule has 4 rings (SSSR count). The van der Waals surface area contributed by atoms with Crippen molar-refractivity contribution in [2.24, 2.45) is 0 Å². The molecule has 0 atom stereocenters. The average molecular weight is 418 g/mol. The molecule has 0 aliphatic carbocycles. The van der Waals surface area contributed by atoms with E-state index in [0.29, 0.717) is 16.4 Å². The molecule has 0 bridgehead atoms. The number of carbonyl (C=O) groups is 2. The van der Waals surface area contributed by atoms with E-state index in [1.807, 2.05) is 30.3 Å². The summed E-state index contributed by atoms with van der Waals surface area (Å²) in [7, 11) is 0. The third-order valence-corrected chi connectivity index (χ3v) is 5.26. The van der Waals surface area contributed by atoms with Gasteiger partial charge in [0.25, 0.3) is 11.1 Å². The number of halogens is 1. The number of thioether (sulfide) groups is 1. The monoisotopic (exact) mass is 417 g/mol. The lowest BCUT2D eigenvalue weighted by Gasteiger charge is -2.12. The van der Waals surface area contributed by atoms with Crippen molar-refractivity contribution in [3.63, 3.8) is 0 Å². The minimum absolute atomic E-state index is 0.197. The summed E-state index contributed by atoms with van der Waals surface area (Å²) in [6.07, 6.45) is 1.70. The highest BCUT2D eigenvalue weighted by Crippen LogP contribution is 2.36. The minimum Gasteiger partial charge on any atom is -0.454 e. The van der Waals surface area contributed by atoms with Crippen molar-refractivity contribution in [1.29, 1.82) is 0 Å². The Morgan fingerprint density at radius 2 is 1.84 bits per heavy atom. The fraction of sp³-hybridized carbons (Fsp3) is 0.111. The van der Waals surface area contributed by atoms with Crippen LogP contribution in [0.5, 0.6) is 11.5 Å². The van der Waals surface area contributed by atoms with Crippen molar-refractivity contribution in [3.05, 3.63) is 63.0 Å². The molecule has 2 aromatic rings. The molecule has 25 heavy (non-hydrogen) atoms. The number of ether oxygens (including phenoxy) is 2. The number of rotatable bonds is 3. The smallest absolute Gasteiger partial charge is 0.293 e. The number of carbonyl (C=O) groups excluding carboxylic acids is 2. The molecule has 5 nitrogen and oxygen atoms in total. The summed E-state index contributed by atoms with van der Waals surface area (Å²) in [6.45, 7) is 0.457. The molecule has 0 radical (unpaired) electrons. The van der Waals surface area contributed by atoms with Gasteiger partial charge in [0, 0.05) is 4.47 Å². The molecule has 126 valence electrons. The summed E-state index contributed by atoms with van der Waals surface area (Å²) < 4.78 is 11.6. The lowest BCUT2D eigenvalue weighted by Crippen LogP contribution is -2.27. The minimum atomic E-state index is -0.282. The van der Waals surface area contributed by atoms with Crippen LogP contribution in [0, 0.1) is 0 Å². The molecule has 0 N–H and O–H groups in total. The van der Waals surface area contributed by atoms with Gasteiger partial charge in [-0.15, -0.1) is 0 Å². The normalized spacial score (nSPS) is 17.6. The van der Waals surface area contributed by atoms with Crippen LogP contribution in [0.15, 0.2) is 51.8 Å². The number of amides is 2. The van der Waals surface area contributed by atoms with E-state index in [-0.39, 0.29) is 24.5 Å². The molecule has 0 saturated carbocycles. The van der Waals surface area contributed by atoms with E-state index in [1.54, 1.807) is 18.2 Å². The number of hydrogen-bond donors (Lipinski definition) is 0. The highest BCUT2D eigenvalue weighted by Gasteiger charge is 2.35. The average Bonchev–Trinajstić information content (AvgIpc) is 3.16. The molecule has 0 aromatic heterocycles. The first-order valence-corrected chi connectivity index (χ1v) is 9.10. The van der Waals surface area contributed by atoms with Crippen LogP contribution in [0.25, 0.3) is 6.08 Å². The van der Waals surface area contributed by atoms with Crippen LogP contribution in [0.4, 0.5) is 4.79 Å². The van der Waals surface area contributed by atoms with Gasteiger partial charge in [0.05, 0.1) is 11.4 Å². The number of benzene rings is 2. The lowest BCUT2D eigenvalue weighted by molar-refractivity contribution is -0.123. The predicted octanol–water partition coefficient (Wildman–Crippen LogP) is 4.41. The van der Waals surface area contributed by atoms with Crippen LogP contribution in [0.1, 0.15) is 11.1 Å². The van der Waals surface area contributed by atoms with E-state index in [1.165, 1.54) is 4.90 Å². The van der Waals surface area contributed by atoms with Crippen LogP contribution >= 0.6 is 27.7 Å². The molecule has 1 saturated heterocycles. The molecule has 2 heterocycles. The first kappa shape index (κ1) is 16.2. The standard InChI is InChI=1S/C18H12BrNO4S/c19-13-4-1-11(2-5-13)9-20-17(21)16(25-18(20)22)8-12-3-6-14-15(7-12)24-10-23-14/h1-8H,9-10H2/b16-8-. The molecule has 2 aromatic carbocycles. The zero-order valence-corrected chi connectivity index (χ0v) is 15.3. The molecule has 0 unspecified atom stereocenters. The Kier molecular flexibility index (Phi) is 4.27. The quantitative estimate of drug-likeness (QED) is 0.692. The summed E-state index contributed by atoms with van der Waals surface area (Å²) in [5.41, 5.74) is 1.69. The van der Waals surface area contributed by atoms with Crippen molar-refractivity contribution in [1.82, 2.24) is 4.90 Å². The highest BCUT2D eigenvalue weighted by molar-refractivity contribution is 9.10. The van der Waals surface area contributed by atoms with E-state index >= 15 is 0 Å². The molecular weight excluding hydrogens is 406 g/mol. The summed E-state index contributed by atoms with van der Waals surface area (Å²) in [5.74, 6) is 1.04. The van der Waals surface area contributed by atoms with Gasteiger partial charge >= 0.3 is 0 Å². The van der Waals surface area contributed by atoms with E-state index in [2.05, 4.69) is 15.9 Å². The van der Waals surface area contributed by atoms with Gasteiger partial charge < -0.3 is 9.47 Å². The first-order chi connectivity index (χ1) is 12.1. The van der Waals surface area contributed by atoms with E-state index in [4.69, 9.17) is 9.47 Å². The van der Waals surface area contributed by atoms with E-state index < -0.39 is 0 Å². The second kappa shape index (κ2) is 6.57.